The van der Waals surface area contributed by atoms with Gasteiger partial charge in [0.25, 0.3) is 0 Å². The van der Waals surface area contributed by atoms with Crippen LogP contribution in [-0.4, -0.2) is 41.7 Å². The lowest BCUT2D eigenvalue weighted by atomic mass is 10.1. The standard InChI is InChI=1S/C16H20N4O4S/c21-15(6-5-14-17-12-3-1-2-4-13(12)18-14)19-20-16(22)9-11-7-8-25(23,24)10-11/h1-4,11H,5-10H2,(H,17,18)(H,19,21)(H,20,22). The fourth-order valence-corrected chi connectivity index (χ4v) is 4.77. The second kappa shape index (κ2) is 7.22. The van der Waals surface area contributed by atoms with E-state index in [1.165, 1.54) is 0 Å². The second-order valence-corrected chi connectivity index (χ2v) is 8.50. The molecule has 0 radical (unpaired) electrons. The zero-order valence-corrected chi connectivity index (χ0v) is 14.4. The Bertz CT molecular complexity index is 857. The van der Waals surface area contributed by atoms with E-state index in [0.29, 0.717) is 18.7 Å². The second-order valence-electron chi connectivity index (χ2n) is 6.27. The van der Waals surface area contributed by atoms with Crippen LogP contribution in [0.25, 0.3) is 11.0 Å². The SMILES string of the molecule is O=C(CCc1nc2ccccc2[nH]1)NNC(=O)CC1CCS(=O)(=O)C1. The number of nitrogens with one attached hydrogen (secondary N) is 3. The van der Waals surface area contributed by atoms with Gasteiger partial charge in [-0.25, -0.2) is 13.4 Å². The van der Waals surface area contributed by atoms with E-state index in [9.17, 15) is 18.0 Å². The van der Waals surface area contributed by atoms with Gasteiger partial charge in [-0.3, -0.25) is 20.4 Å². The first-order valence-electron chi connectivity index (χ1n) is 8.13. The number of sulfone groups is 1. The number of aromatic amines is 1. The van der Waals surface area contributed by atoms with Gasteiger partial charge in [0, 0.05) is 19.3 Å². The molecule has 25 heavy (non-hydrogen) atoms. The van der Waals surface area contributed by atoms with Crippen LogP contribution in [0.3, 0.4) is 0 Å². The number of carbonyl (C=O) groups is 2. The highest BCUT2D eigenvalue weighted by atomic mass is 32.2. The average molecular weight is 364 g/mol. The smallest absolute Gasteiger partial charge is 0.238 e. The lowest BCUT2D eigenvalue weighted by molar-refractivity contribution is -0.129. The number of aromatic nitrogens is 2. The zero-order valence-electron chi connectivity index (χ0n) is 13.6. The van der Waals surface area contributed by atoms with Crippen molar-refractivity contribution in [1.82, 2.24) is 20.8 Å². The highest BCUT2D eigenvalue weighted by Crippen LogP contribution is 2.21. The normalized spacial score (nSPS) is 19.0. The van der Waals surface area contributed by atoms with Gasteiger partial charge in [0.15, 0.2) is 9.84 Å². The number of carbonyl (C=O) groups excluding carboxylic acids is 2. The van der Waals surface area contributed by atoms with Crippen LogP contribution in [0.5, 0.6) is 0 Å². The molecule has 8 nitrogen and oxygen atoms in total. The van der Waals surface area contributed by atoms with Crippen molar-refractivity contribution < 1.29 is 18.0 Å². The summed E-state index contributed by atoms with van der Waals surface area (Å²) in [5.74, 6) is 0.0122. The highest BCUT2D eigenvalue weighted by molar-refractivity contribution is 7.91. The first kappa shape index (κ1) is 17.4. The Morgan fingerprint density at radius 1 is 1.20 bits per heavy atom. The maximum absolute atomic E-state index is 11.8. The van der Waals surface area contributed by atoms with E-state index in [2.05, 4.69) is 20.8 Å². The maximum atomic E-state index is 11.8. The van der Waals surface area contributed by atoms with E-state index in [4.69, 9.17) is 0 Å². The number of amides is 2. The lowest BCUT2D eigenvalue weighted by Gasteiger charge is -2.09. The van der Waals surface area contributed by atoms with Crippen LogP contribution < -0.4 is 10.9 Å². The molecule has 0 saturated carbocycles. The number of rotatable bonds is 5. The van der Waals surface area contributed by atoms with Crippen LogP contribution in [0.4, 0.5) is 0 Å². The summed E-state index contributed by atoms with van der Waals surface area (Å²) in [7, 11) is -3.00. The van der Waals surface area contributed by atoms with E-state index in [1.54, 1.807) is 0 Å². The van der Waals surface area contributed by atoms with E-state index in [0.717, 1.165) is 11.0 Å². The molecule has 1 aromatic heterocycles. The quantitative estimate of drug-likeness (QED) is 0.666. The van der Waals surface area contributed by atoms with Crippen LogP contribution in [0.1, 0.15) is 25.1 Å². The number of aryl methyl sites for hydroxylation is 1. The number of hydrazine groups is 1. The molecule has 0 bridgehead atoms. The minimum atomic E-state index is -3.00. The van der Waals surface area contributed by atoms with Gasteiger partial charge in [0.1, 0.15) is 5.82 Å². The Balaban J connectivity index is 1.39. The molecule has 134 valence electrons. The first-order valence-corrected chi connectivity index (χ1v) is 9.95. The molecule has 2 heterocycles. The number of hydrogen-bond donors (Lipinski definition) is 3. The molecule has 9 heteroatoms. The number of H-pyrrole nitrogens is 1. The van der Waals surface area contributed by atoms with Gasteiger partial charge in [-0.2, -0.15) is 0 Å². The van der Waals surface area contributed by atoms with Crippen LogP contribution in [0.2, 0.25) is 0 Å². The van der Waals surface area contributed by atoms with Crippen molar-refractivity contribution in [2.45, 2.75) is 25.7 Å². The van der Waals surface area contributed by atoms with Gasteiger partial charge in [-0.1, -0.05) is 12.1 Å². The Kier molecular flexibility index (Phi) is 5.03. The average Bonchev–Trinajstić information content (AvgIpc) is 3.13. The molecule has 0 spiro atoms. The number of para-hydroxylation sites is 2. The van der Waals surface area contributed by atoms with Crippen LogP contribution >= 0.6 is 0 Å². The summed E-state index contributed by atoms with van der Waals surface area (Å²) in [6.07, 6.45) is 1.20. The number of imidazole rings is 1. The van der Waals surface area contributed by atoms with E-state index < -0.39 is 9.84 Å². The molecule has 2 aromatic rings. The Morgan fingerprint density at radius 2 is 1.96 bits per heavy atom. The third-order valence-electron chi connectivity index (χ3n) is 4.17. The summed E-state index contributed by atoms with van der Waals surface area (Å²) in [4.78, 5) is 31.1. The molecule has 1 unspecified atom stereocenters. The van der Waals surface area contributed by atoms with E-state index in [1.807, 2.05) is 24.3 Å². The van der Waals surface area contributed by atoms with Crippen molar-refractivity contribution >= 4 is 32.7 Å². The molecule has 1 aliphatic rings. The van der Waals surface area contributed by atoms with Gasteiger partial charge in [0.2, 0.25) is 11.8 Å². The monoisotopic (exact) mass is 364 g/mol. The molecular weight excluding hydrogens is 344 g/mol. The molecule has 1 saturated heterocycles. The molecule has 1 aliphatic heterocycles. The molecule has 1 atom stereocenters. The minimum absolute atomic E-state index is 0.0421. The summed E-state index contributed by atoms with van der Waals surface area (Å²) in [6, 6.07) is 7.60. The van der Waals surface area contributed by atoms with Crippen molar-refractivity contribution in [3.05, 3.63) is 30.1 Å². The number of nitrogens with zero attached hydrogens (tertiary/aromatic N) is 1. The topological polar surface area (TPSA) is 121 Å². The number of fused-ring (bicyclic) bond motifs is 1. The first-order chi connectivity index (χ1) is 11.9. The fourth-order valence-electron chi connectivity index (χ4n) is 2.90. The number of hydrogen-bond acceptors (Lipinski definition) is 5. The Morgan fingerprint density at radius 3 is 2.68 bits per heavy atom. The van der Waals surface area contributed by atoms with Crippen molar-refractivity contribution in [3.8, 4) is 0 Å². The van der Waals surface area contributed by atoms with Gasteiger partial charge in [-0.05, 0) is 24.5 Å². The Hall–Kier alpha value is -2.42. The van der Waals surface area contributed by atoms with Crippen LogP contribution in [0, 0.1) is 5.92 Å². The zero-order chi connectivity index (χ0) is 17.9. The highest BCUT2D eigenvalue weighted by Gasteiger charge is 2.29. The Labute approximate surface area is 145 Å². The largest absolute Gasteiger partial charge is 0.342 e. The molecule has 2 amide bonds. The molecule has 0 aliphatic carbocycles. The van der Waals surface area contributed by atoms with Crippen molar-refractivity contribution in [1.29, 1.82) is 0 Å². The summed E-state index contributed by atoms with van der Waals surface area (Å²) in [5.41, 5.74) is 6.45. The maximum Gasteiger partial charge on any atom is 0.238 e. The van der Waals surface area contributed by atoms with Crippen molar-refractivity contribution in [2.75, 3.05) is 11.5 Å². The molecule has 3 N–H and O–H groups in total. The van der Waals surface area contributed by atoms with Crippen LogP contribution in [-0.2, 0) is 25.8 Å². The van der Waals surface area contributed by atoms with E-state index in [-0.39, 0.29) is 42.1 Å². The van der Waals surface area contributed by atoms with Crippen LogP contribution in [0.15, 0.2) is 24.3 Å². The van der Waals surface area contributed by atoms with Gasteiger partial charge >= 0.3 is 0 Å². The fraction of sp³-hybridized carbons (Fsp3) is 0.438. The third-order valence-corrected chi connectivity index (χ3v) is 6.01. The predicted molar refractivity (Wildman–Crippen MR) is 92.1 cm³/mol. The van der Waals surface area contributed by atoms with Crippen molar-refractivity contribution in [3.63, 3.8) is 0 Å². The summed E-state index contributed by atoms with van der Waals surface area (Å²) < 4.78 is 22.7. The predicted octanol–water partition coefficient (Wildman–Crippen LogP) is 0.468. The molecule has 1 fully saturated rings. The summed E-state index contributed by atoms with van der Waals surface area (Å²) >= 11 is 0. The van der Waals surface area contributed by atoms with E-state index >= 15 is 0 Å². The summed E-state index contributed by atoms with van der Waals surface area (Å²) in [6.45, 7) is 0. The summed E-state index contributed by atoms with van der Waals surface area (Å²) in [5, 5.41) is 0. The van der Waals surface area contributed by atoms with Gasteiger partial charge in [0.05, 0.1) is 22.5 Å². The van der Waals surface area contributed by atoms with Gasteiger partial charge < -0.3 is 4.98 Å². The number of benzene rings is 1. The minimum Gasteiger partial charge on any atom is -0.342 e. The van der Waals surface area contributed by atoms with Crippen molar-refractivity contribution in [2.24, 2.45) is 5.92 Å². The van der Waals surface area contributed by atoms with Gasteiger partial charge in [-0.15, -0.1) is 0 Å². The molecule has 3 rings (SSSR count). The lowest BCUT2D eigenvalue weighted by Crippen LogP contribution is -2.42. The molecule has 1 aromatic carbocycles. The third kappa shape index (κ3) is 4.79. The molecular formula is C16H20N4O4S.